The van der Waals surface area contributed by atoms with Crippen molar-refractivity contribution in [3.8, 4) is 16.9 Å². The minimum absolute atomic E-state index is 0.418. The smallest absolute Gasteiger partial charge is 0.187 e. The summed E-state index contributed by atoms with van der Waals surface area (Å²) in [5.74, 6) is 1.06. The molecule has 5 aromatic rings. The van der Waals surface area contributed by atoms with Crippen LogP contribution >= 0.6 is 0 Å². The summed E-state index contributed by atoms with van der Waals surface area (Å²) in [5, 5.41) is 2.86. The second-order valence-corrected chi connectivity index (χ2v) is 10.3. The Kier molecular flexibility index (Phi) is 5.91. The van der Waals surface area contributed by atoms with E-state index in [1.807, 2.05) is 60.7 Å². The number of aromatic nitrogens is 3. The zero-order chi connectivity index (χ0) is 24.6. The number of nitrogens with two attached hydrogens (primary N) is 1. The Morgan fingerprint density at radius 3 is 2.69 bits per heavy atom. The number of ether oxygens (including phenoxy) is 1. The maximum absolute atomic E-state index is 13.3. The van der Waals surface area contributed by atoms with Gasteiger partial charge in [-0.1, -0.05) is 49.2 Å². The molecule has 1 aliphatic rings. The summed E-state index contributed by atoms with van der Waals surface area (Å²) in [4.78, 5) is 9.57. The van der Waals surface area contributed by atoms with Gasteiger partial charge >= 0.3 is 0 Å². The summed E-state index contributed by atoms with van der Waals surface area (Å²) in [6.07, 6.45) is 8.40. The first-order valence-electron chi connectivity index (χ1n) is 12.1. The molecule has 182 valence electrons. The van der Waals surface area contributed by atoms with Crippen LogP contribution in [0.3, 0.4) is 0 Å². The van der Waals surface area contributed by atoms with Crippen molar-refractivity contribution in [2.45, 2.75) is 36.6 Å². The second kappa shape index (κ2) is 9.37. The molecule has 0 radical (unpaired) electrons. The largest absolute Gasteiger partial charge is 0.588 e. The molecular formula is C28H27N5O2S. The standard InChI is InChI=1S/C28H27N5O2S/c1-35-24-15-19(22-16-33(20-9-3-4-10-20)28-26(22)27(29)30-17-31-28)13-14-23(24)32-36(34)25-12-6-8-18-7-2-5-11-21(18)25/h2,5-8,11-17,20,32H,3-4,9-10H2,1H3,(H2,29,30,31). The Labute approximate surface area is 212 Å². The van der Waals surface area contributed by atoms with E-state index in [2.05, 4.69) is 25.5 Å². The average molecular weight is 498 g/mol. The molecule has 1 atom stereocenters. The lowest BCUT2D eigenvalue weighted by molar-refractivity contribution is 0.417. The molecule has 0 aliphatic heterocycles. The van der Waals surface area contributed by atoms with E-state index in [1.54, 1.807) is 7.11 Å². The normalized spacial score (nSPS) is 14.9. The van der Waals surface area contributed by atoms with Crippen molar-refractivity contribution in [3.63, 3.8) is 0 Å². The number of benzene rings is 3. The second-order valence-electron chi connectivity index (χ2n) is 9.11. The van der Waals surface area contributed by atoms with Gasteiger partial charge in [-0.25, -0.2) is 9.97 Å². The molecule has 1 saturated carbocycles. The van der Waals surface area contributed by atoms with E-state index >= 15 is 0 Å². The van der Waals surface area contributed by atoms with E-state index in [9.17, 15) is 4.55 Å². The van der Waals surface area contributed by atoms with Crippen LogP contribution in [-0.2, 0) is 11.4 Å². The lowest BCUT2D eigenvalue weighted by atomic mass is 10.1. The van der Waals surface area contributed by atoms with Gasteiger partial charge in [0.1, 0.15) is 40.6 Å². The van der Waals surface area contributed by atoms with Gasteiger partial charge in [-0.05, 0) is 48.1 Å². The molecule has 1 fully saturated rings. The van der Waals surface area contributed by atoms with E-state index in [1.165, 1.54) is 19.2 Å². The number of hydrogen-bond acceptors (Lipinski definition) is 6. The molecule has 0 bridgehead atoms. The van der Waals surface area contributed by atoms with Gasteiger partial charge in [0.2, 0.25) is 0 Å². The minimum Gasteiger partial charge on any atom is -0.588 e. The third kappa shape index (κ3) is 3.92. The Balaban J connectivity index is 1.38. The Morgan fingerprint density at radius 1 is 1.06 bits per heavy atom. The maximum atomic E-state index is 13.3. The summed E-state index contributed by atoms with van der Waals surface area (Å²) in [6.45, 7) is 0. The van der Waals surface area contributed by atoms with Gasteiger partial charge in [0.25, 0.3) is 0 Å². The van der Waals surface area contributed by atoms with Crippen LogP contribution in [-0.4, -0.2) is 26.2 Å². The molecule has 1 unspecified atom stereocenters. The maximum Gasteiger partial charge on any atom is 0.187 e. The fraction of sp³-hybridized carbons (Fsp3) is 0.214. The highest BCUT2D eigenvalue weighted by Crippen LogP contribution is 2.41. The van der Waals surface area contributed by atoms with Crippen molar-refractivity contribution in [1.29, 1.82) is 0 Å². The zero-order valence-electron chi connectivity index (χ0n) is 20.0. The van der Waals surface area contributed by atoms with Gasteiger partial charge < -0.3 is 19.6 Å². The van der Waals surface area contributed by atoms with Gasteiger partial charge in [-0.3, -0.25) is 0 Å². The molecule has 1 aliphatic carbocycles. The van der Waals surface area contributed by atoms with Crippen LogP contribution in [0.25, 0.3) is 32.9 Å². The summed E-state index contributed by atoms with van der Waals surface area (Å²) in [7, 11) is 1.62. The monoisotopic (exact) mass is 497 g/mol. The number of nitrogens with zero attached hydrogens (tertiary/aromatic N) is 3. The third-order valence-corrected chi connectivity index (χ3v) is 8.18. The summed E-state index contributed by atoms with van der Waals surface area (Å²) in [5.41, 5.74) is 9.76. The zero-order valence-corrected chi connectivity index (χ0v) is 20.8. The fourth-order valence-corrected chi connectivity index (χ4v) is 6.31. The predicted molar refractivity (Wildman–Crippen MR) is 145 cm³/mol. The van der Waals surface area contributed by atoms with Crippen LogP contribution in [0.5, 0.6) is 5.75 Å². The highest BCUT2D eigenvalue weighted by atomic mass is 32.2. The summed E-state index contributed by atoms with van der Waals surface area (Å²) < 4.78 is 24.4. The van der Waals surface area contributed by atoms with Crippen LogP contribution in [0.15, 0.2) is 78.1 Å². The number of fused-ring (bicyclic) bond motifs is 2. The number of anilines is 2. The van der Waals surface area contributed by atoms with E-state index in [0.717, 1.165) is 50.7 Å². The summed E-state index contributed by atoms with van der Waals surface area (Å²) in [6, 6.07) is 20.0. The van der Waals surface area contributed by atoms with Gasteiger partial charge in [0.05, 0.1) is 12.5 Å². The molecule has 3 aromatic carbocycles. The van der Waals surface area contributed by atoms with Crippen molar-refractivity contribution in [2.24, 2.45) is 0 Å². The van der Waals surface area contributed by atoms with E-state index in [-0.39, 0.29) is 0 Å². The molecular weight excluding hydrogens is 470 g/mol. The number of hydrogen-bond donors (Lipinski definition) is 2. The molecule has 0 amide bonds. The molecule has 3 N–H and O–H groups in total. The van der Waals surface area contributed by atoms with Crippen LogP contribution < -0.4 is 15.2 Å². The highest BCUT2D eigenvalue weighted by molar-refractivity contribution is 7.93. The van der Waals surface area contributed by atoms with Crippen molar-refractivity contribution in [1.82, 2.24) is 14.5 Å². The highest BCUT2D eigenvalue weighted by Gasteiger charge is 2.24. The van der Waals surface area contributed by atoms with Gasteiger partial charge in [-0.15, -0.1) is 0 Å². The molecule has 8 heteroatoms. The first-order chi connectivity index (χ1) is 17.6. The quantitative estimate of drug-likeness (QED) is 0.275. The molecule has 6 rings (SSSR count). The number of nitrogens with one attached hydrogen (secondary N) is 1. The summed E-state index contributed by atoms with van der Waals surface area (Å²) >= 11 is -1.47. The Morgan fingerprint density at radius 2 is 1.86 bits per heavy atom. The van der Waals surface area contributed by atoms with Crippen molar-refractivity contribution in [2.75, 3.05) is 17.6 Å². The molecule has 0 saturated heterocycles. The fourth-order valence-electron chi connectivity index (χ4n) is 5.24. The van der Waals surface area contributed by atoms with Gasteiger partial charge in [-0.2, -0.15) is 4.72 Å². The lowest BCUT2D eigenvalue weighted by Crippen LogP contribution is -2.14. The average Bonchev–Trinajstić information content (AvgIpc) is 3.57. The van der Waals surface area contributed by atoms with Crippen molar-refractivity contribution < 1.29 is 9.29 Å². The number of rotatable bonds is 6. The van der Waals surface area contributed by atoms with E-state index in [4.69, 9.17) is 10.5 Å². The molecule has 2 aromatic heterocycles. The lowest BCUT2D eigenvalue weighted by Gasteiger charge is -2.16. The molecule has 0 spiro atoms. The van der Waals surface area contributed by atoms with E-state index < -0.39 is 11.4 Å². The molecule has 7 nitrogen and oxygen atoms in total. The van der Waals surface area contributed by atoms with Crippen LogP contribution in [0.2, 0.25) is 0 Å². The first kappa shape index (κ1) is 22.7. The van der Waals surface area contributed by atoms with Gasteiger partial charge in [0, 0.05) is 23.2 Å². The molecule has 36 heavy (non-hydrogen) atoms. The van der Waals surface area contributed by atoms with Gasteiger partial charge in [0.15, 0.2) is 4.90 Å². The Bertz CT molecular complexity index is 1560. The number of methoxy groups -OCH3 is 1. The molecule has 2 heterocycles. The van der Waals surface area contributed by atoms with Crippen LogP contribution in [0.1, 0.15) is 31.7 Å². The first-order valence-corrected chi connectivity index (χ1v) is 13.2. The van der Waals surface area contributed by atoms with Crippen LogP contribution in [0, 0.1) is 0 Å². The van der Waals surface area contributed by atoms with E-state index in [0.29, 0.717) is 23.3 Å². The third-order valence-electron chi connectivity index (χ3n) is 7.02. The van der Waals surface area contributed by atoms with Crippen molar-refractivity contribution in [3.05, 3.63) is 73.2 Å². The van der Waals surface area contributed by atoms with Crippen molar-refractivity contribution >= 4 is 44.7 Å². The number of nitrogen functional groups attached to an aromatic ring is 1. The topological polar surface area (TPSA) is 101 Å². The predicted octanol–water partition coefficient (Wildman–Crippen LogP) is 6.09. The SMILES string of the molecule is COc1cc(-c2cn(C3CCCC3)c3ncnc(N)c23)ccc1N[S+]([O-])c1cccc2ccccc12. The Hall–Kier alpha value is -3.75. The minimum atomic E-state index is -1.47. The van der Waals surface area contributed by atoms with Crippen LogP contribution in [0.4, 0.5) is 11.5 Å².